The van der Waals surface area contributed by atoms with Gasteiger partial charge < -0.3 is 19.4 Å². The fraction of sp³-hybridized carbons (Fsp3) is 0.391. The van der Waals surface area contributed by atoms with Crippen LogP contribution in [-0.4, -0.2) is 55.5 Å². The third kappa shape index (κ3) is 4.03. The van der Waals surface area contributed by atoms with Gasteiger partial charge in [0.2, 0.25) is 5.60 Å². The van der Waals surface area contributed by atoms with Crippen molar-refractivity contribution in [2.75, 3.05) is 38.3 Å². The number of rotatable bonds is 5. The molecular formula is C23H26FN3O3. The second-order valence-corrected chi connectivity index (χ2v) is 7.91. The van der Waals surface area contributed by atoms with Crippen LogP contribution in [0.15, 0.2) is 53.7 Å². The SMILES string of the molecule is CN(Cc1ccccc1N1CCOCC1)C(=O)[C@]1(C)CC(c2ccccc2F)=NO1. The van der Waals surface area contributed by atoms with Crippen molar-refractivity contribution in [1.82, 2.24) is 4.90 Å². The summed E-state index contributed by atoms with van der Waals surface area (Å²) in [6.07, 6.45) is 0.224. The van der Waals surface area contributed by atoms with Crippen LogP contribution in [0.4, 0.5) is 10.1 Å². The molecule has 2 aromatic rings. The molecular weight excluding hydrogens is 385 g/mol. The lowest BCUT2D eigenvalue weighted by molar-refractivity contribution is -0.152. The van der Waals surface area contributed by atoms with Gasteiger partial charge in [-0.05, 0) is 24.6 Å². The summed E-state index contributed by atoms with van der Waals surface area (Å²) in [7, 11) is 1.76. The topological polar surface area (TPSA) is 54.4 Å². The number of oxime groups is 1. The van der Waals surface area contributed by atoms with Gasteiger partial charge in [0.05, 0.1) is 18.9 Å². The molecule has 1 atom stereocenters. The van der Waals surface area contributed by atoms with Gasteiger partial charge in [0.1, 0.15) is 5.82 Å². The molecule has 2 aliphatic heterocycles. The predicted molar refractivity (Wildman–Crippen MR) is 113 cm³/mol. The number of carbonyl (C=O) groups is 1. The molecule has 2 aromatic carbocycles. The molecule has 1 fully saturated rings. The third-order valence-corrected chi connectivity index (χ3v) is 5.60. The highest BCUT2D eigenvalue weighted by Crippen LogP contribution is 2.30. The van der Waals surface area contributed by atoms with Crippen molar-refractivity contribution in [3.05, 3.63) is 65.5 Å². The Kier molecular flexibility index (Phi) is 5.72. The Balaban J connectivity index is 1.47. The van der Waals surface area contributed by atoms with Gasteiger partial charge in [-0.3, -0.25) is 4.79 Å². The zero-order chi connectivity index (χ0) is 21.1. The van der Waals surface area contributed by atoms with E-state index in [1.54, 1.807) is 37.1 Å². The van der Waals surface area contributed by atoms with E-state index in [1.807, 2.05) is 18.2 Å². The van der Waals surface area contributed by atoms with Crippen LogP contribution in [0.2, 0.25) is 0 Å². The van der Waals surface area contributed by atoms with Crippen molar-refractivity contribution in [3.63, 3.8) is 0 Å². The zero-order valence-electron chi connectivity index (χ0n) is 17.3. The summed E-state index contributed by atoms with van der Waals surface area (Å²) in [5.41, 5.74) is 1.84. The molecule has 0 saturated carbocycles. The lowest BCUT2D eigenvalue weighted by Gasteiger charge is -2.32. The summed E-state index contributed by atoms with van der Waals surface area (Å²) >= 11 is 0. The Hall–Kier alpha value is -2.93. The molecule has 2 heterocycles. The molecule has 0 aromatic heterocycles. The van der Waals surface area contributed by atoms with Gasteiger partial charge in [0.25, 0.3) is 5.91 Å². The fourth-order valence-corrected chi connectivity index (χ4v) is 3.98. The van der Waals surface area contributed by atoms with E-state index in [0.29, 0.717) is 31.0 Å². The van der Waals surface area contributed by atoms with Crippen molar-refractivity contribution in [1.29, 1.82) is 0 Å². The van der Waals surface area contributed by atoms with Crippen LogP contribution in [0.5, 0.6) is 0 Å². The molecule has 1 amide bonds. The number of carbonyl (C=O) groups excluding carboxylic acids is 1. The Bertz CT molecular complexity index is 958. The maximum atomic E-state index is 14.1. The standard InChI is InChI=1S/C23H26FN3O3/c1-23(15-20(25-30-23)18-8-4-5-9-19(18)24)22(28)26(2)16-17-7-3-6-10-21(17)27-11-13-29-14-12-27/h3-10H,11-16H2,1-2H3/t23-/m0/s1. The number of morpholine rings is 1. The lowest BCUT2D eigenvalue weighted by atomic mass is 9.94. The van der Waals surface area contributed by atoms with E-state index in [-0.39, 0.29) is 18.1 Å². The van der Waals surface area contributed by atoms with E-state index in [9.17, 15) is 9.18 Å². The van der Waals surface area contributed by atoms with Gasteiger partial charge in [0, 0.05) is 44.4 Å². The molecule has 1 saturated heterocycles. The van der Waals surface area contributed by atoms with Crippen molar-refractivity contribution < 1.29 is 18.8 Å². The van der Waals surface area contributed by atoms with Crippen molar-refractivity contribution in [2.24, 2.45) is 5.16 Å². The first-order valence-corrected chi connectivity index (χ1v) is 10.1. The minimum absolute atomic E-state index is 0.186. The monoisotopic (exact) mass is 411 g/mol. The third-order valence-electron chi connectivity index (χ3n) is 5.60. The minimum atomic E-state index is -1.15. The largest absolute Gasteiger partial charge is 0.379 e. The predicted octanol–water partition coefficient (Wildman–Crippen LogP) is 3.20. The second kappa shape index (κ2) is 8.44. The normalized spacial score (nSPS) is 21.2. The van der Waals surface area contributed by atoms with E-state index in [4.69, 9.17) is 9.57 Å². The molecule has 2 aliphatic rings. The molecule has 0 unspecified atom stereocenters. The Labute approximate surface area is 175 Å². The van der Waals surface area contributed by atoms with Gasteiger partial charge >= 0.3 is 0 Å². The van der Waals surface area contributed by atoms with Crippen LogP contribution in [0, 0.1) is 5.82 Å². The van der Waals surface area contributed by atoms with Crippen LogP contribution >= 0.6 is 0 Å². The number of ether oxygens (including phenoxy) is 1. The first-order chi connectivity index (χ1) is 14.5. The summed E-state index contributed by atoms with van der Waals surface area (Å²) in [6.45, 7) is 5.21. The molecule has 158 valence electrons. The summed E-state index contributed by atoms with van der Waals surface area (Å²) in [6, 6.07) is 14.5. The van der Waals surface area contributed by atoms with Crippen molar-refractivity contribution in [2.45, 2.75) is 25.5 Å². The van der Waals surface area contributed by atoms with Gasteiger partial charge in [-0.1, -0.05) is 41.6 Å². The number of para-hydroxylation sites is 1. The van der Waals surface area contributed by atoms with E-state index < -0.39 is 5.60 Å². The van der Waals surface area contributed by atoms with Gasteiger partial charge in [-0.25, -0.2) is 4.39 Å². The van der Waals surface area contributed by atoms with Gasteiger partial charge in [-0.2, -0.15) is 0 Å². The average Bonchev–Trinajstić information content (AvgIpc) is 3.17. The molecule has 0 radical (unpaired) electrons. The molecule has 0 N–H and O–H groups in total. The molecule has 0 aliphatic carbocycles. The Morgan fingerprint density at radius 3 is 2.63 bits per heavy atom. The molecule has 7 heteroatoms. The van der Waals surface area contributed by atoms with E-state index in [1.165, 1.54) is 6.07 Å². The Morgan fingerprint density at radius 1 is 1.17 bits per heavy atom. The summed E-state index contributed by atoms with van der Waals surface area (Å²) in [4.78, 5) is 22.7. The summed E-state index contributed by atoms with van der Waals surface area (Å²) in [5, 5.41) is 4.03. The minimum Gasteiger partial charge on any atom is -0.379 e. The lowest BCUT2D eigenvalue weighted by Crippen LogP contribution is -2.45. The van der Waals surface area contributed by atoms with E-state index in [0.717, 1.165) is 24.3 Å². The van der Waals surface area contributed by atoms with Crippen LogP contribution in [0.1, 0.15) is 24.5 Å². The van der Waals surface area contributed by atoms with Gasteiger partial charge in [-0.15, -0.1) is 0 Å². The highest BCUT2D eigenvalue weighted by Gasteiger charge is 2.44. The molecule has 0 spiro atoms. The van der Waals surface area contributed by atoms with Crippen LogP contribution in [-0.2, 0) is 20.9 Å². The van der Waals surface area contributed by atoms with E-state index in [2.05, 4.69) is 16.1 Å². The number of nitrogens with zero attached hydrogens (tertiary/aromatic N) is 3. The summed E-state index contributed by atoms with van der Waals surface area (Å²) in [5.74, 6) is -0.557. The first kappa shape index (κ1) is 20.3. The average molecular weight is 411 g/mol. The van der Waals surface area contributed by atoms with Crippen molar-refractivity contribution >= 4 is 17.3 Å². The smallest absolute Gasteiger partial charge is 0.269 e. The zero-order valence-corrected chi connectivity index (χ0v) is 17.3. The number of anilines is 1. The van der Waals surface area contributed by atoms with Crippen LogP contribution in [0.3, 0.4) is 0 Å². The summed E-state index contributed by atoms with van der Waals surface area (Å²) < 4.78 is 19.6. The maximum absolute atomic E-state index is 14.1. The highest BCUT2D eigenvalue weighted by atomic mass is 19.1. The number of benzene rings is 2. The van der Waals surface area contributed by atoms with Crippen LogP contribution < -0.4 is 4.90 Å². The molecule has 6 nitrogen and oxygen atoms in total. The van der Waals surface area contributed by atoms with Crippen LogP contribution in [0.25, 0.3) is 0 Å². The number of halogens is 1. The maximum Gasteiger partial charge on any atom is 0.269 e. The number of amides is 1. The Morgan fingerprint density at radius 2 is 1.87 bits per heavy atom. The first-order valence-electron chi connectivity index (χ1n) is 10.1. The van der Waals surface area contributed by atoms with Gasteiger partial charge in [0.15, 0.2) is 0 Å². The number of hydrogen-bond acceptors (Lipinski definition) is 5. The second-order valence-electron chi connectivity index (χ2n) is 7.91. The fourth-order valence-electron chi connectivity index (χ4n) is 3.98. The number of hydrogen-bond donors (Lipinski definition) is 0. The van der Waals surface area contributed by atoms with E-state index >= 15 is 0 Å². The highest BCUT2D eigenvalue weighted by molar-refractivity contribution is 6.05. The van der Waals surface area contributed by atoms with Crippen molar-refractivity contribution in [3.8, 4) is 0 Å². The molecule has 0 bridgehead atoms. The molecule has 4 rings (SSSR count). The number of likely N-dealkylation sites (N-methyl/N-ethyl adjacent to an activating group) is 1. The quantitative estimate of drug-likeness (QED) is 0.758. The molecule has 30 heavy (non-hydrogen) atoms.